The van der Waals surface area contributed by atoms with E-state index in [0.29, 0.717) is 19.7 Å². The fourth-order valence-electron chi connectivity index (χ4n) is 2.39. The van der Waals surface area contributed by atoms with Gasteiger partial charge in [0, 0.05) is 38.5 Å². The minimum Gasteiger partial charge on any atom is -0.383 e. The highest BCUT2D eigenvalue weighted by molar-refractivity contribution is 5.96. The number of fused-ring (bicyclic) bond motifs is 1. The molecule has 0 aromatic heterocycles. The first kappa shape index (κ1) is 15.5. The Morgan fingerprint density at radius 3 is 2.90 bits per heavy atom. The van der Waals surface area contributed by atoms with Crippen molar-refractivity contribution >= 4 is 23.2 Å². The Hall–Kier alpha value is -1.92. The van der Waals surface area contributed by atoms with E-state index >= 15 is 0 Å². The maximum Gasteiger partial charge on any atom is 0.238 e. The van der Waals surface area contributed by atoms with Crippen LogP contribution in [-0.2, 0) is 20.7 Å². The van der Waals surface area contributed by atoms with Crippen molar-refractivity contribution < 1.29 is 14.3 Å². The van der Waals surface area contributed by atoms with Crippen molar-refractivity contribution in [3.05, 3.63) is 23.8 Å². The van der Waals surface area contributed by atoms with Gasteiger partial charge in [0.05, 0.1) is 13.2 Å². The number of rotatable bonds is 6. The van der Waals surface area contributed by atoms with E-state index in [1.54, 1.807) is 18.9 Å². The summed E-state index contributed by atoms with van der Waals surface area (Å²) in [4.78, 5) is 25.0. The summed E-state index contributed by atoms with van der Waals surface area (Å²) in [6, 6.07) is 5.65. The van der Waals surface area contributed by atoms with Crippen molar-refractivity contribution in [2.75, 3.05) is 43.6 Å². The van der Waals surface area contributed by atoms with Crippen molar-refractivity contribution in [2.45, 2.75) is 13.3 Å². The van der Waals surface area contributed by atoms with Gasteiger partial charge in [0.2, 0.25) is 11.8 Å². The molecule has 0 fully saturated rings. The number of ether oxygens (including phenoxy) is 1. The molecule has 1 heterocycles. The Balaban J connectivity index is 1.91. The largest absolute Gasteiger partial charge is 0.383 e. The SMILES string of the molecule is COCCNCC(=O)Nc1ccc2c(c1)CCN2C(C)=O. The predicted octanol–water partition coefficient (Wildman–Crippen LogP) is 0.770. The topological polar surface area (TPSA) is 70.7 Å². The second-order valence-corrected chi connectivity index (χ2v) is 4.98. The molecule has 1 aromatic carbocycles. The van der Waals surface area contributed by atoms with Crippen molar-refractivity contribution in [3.63, 3.8) is 0 Å². The van der Waals surface area contributed by atoms with Crippen LogP contribution in [0, 0.1) is 0 Å². The summed E-state index contributed by atoms with van der Waals surface area (Å²) in [5.74, 6) is -0.0413. The lowest BCUT2D eigenvalue weighted by Gasteiger charge is -2.15. The van der Waals surface area contributed by atoms with Crippen LogP contribution in [0.2, 0.25) is 0 Å². The van der Waals surface area contributed by atoms with Gasteiger partial charge in [0.25, 0.3) is 0 Å². The van der Waals surface area contributed by atoms with Gasteiger partial charge in [-0.2, -0.15) is 0 Å². The number of hydrogen-bond donors (Lipinski definition) is 2. The molecule has 0 saturated heterocycles. The summed E-state index contributed by atoms with van der Waals surface area (Å²) in [6.07, 6.45) is 0.824. The Labute approximate surface area is 124 Å². The van der Waals surface area contributed by atoms with Crippen LogP contribution in [0.25, 0.3) is 0 Å². The molecule has 0 atom stereocenters. The third kappa shape index (κ3) is 4.03. The third-order valence-corrected chi connectivity index (χ3v) is 3.41. The summed E-state index contributed by atoms with van der Waals surface area (Å²) in [7, 11) is 1.62. The number of methoxy groups -OCH3 is 1. The molecular formula is C15H21N3O3. The van der Waals surface area contributed by atoms with E-state index in [0.717, 1.165) is 23.4 Å². The molecule has 0 bridgehead atoms. The predicted molar refractivity (Wildman–Crippen MR) is 81.5 cm³/mol. The maximum atomic E-state index is 11.8. The van der Waals surface area contributed by atoms with Gasteiger partial charge in [-0.1, -0.05) is 0 Å². The van der Waals surface area contributed by atoms with E-state index < -0.39 is 0 Å². The molecule has 0 radical (unpaired) electrons. The van der Waals surface area contributed by atoms with Gasteiger partial charge in [-0.05, 0) is 30.2 Å². The highest BCUT2D eigenvalue weighted by Gasteiger charge is 2.22. The summed E-state index contributed by atoms with van der Waals surface area (Å²) in [5.41, 5.74) is 2.80. The molecule has 0 unspecified atom stereocenters. The van der Waals surface area contributed by atoms with E-state index in [4.69, 9.17) is 4.74 Å². The number of carbonyl (C=O) groups excluding carboxylic acids is 2. The summed E-state index contributed by atoms with van der Waals surface area (Å²) < 4.78 is 4.90. The molecule has 2 rings (SSSR count). The van der Waals surface area contributed by atoms with E-state index in [2.05, 4.69) is 10.6 Å². The van der Waals surface area contributed by atoms with Gasteiger partial charge in [0.15, 0.2) is 0 Å². The zero-order valence-electron chi connectivity index (χ0n) is 12.4. The normalized spacial score (nSPS) is 13.1. The molecule has 6 heteroatoms. The number of amides is 2. The van der Waals surface area contributed by atoms with Gasteiger partial charge in [-0.3, -0.25) is 9.59 Å². The van der Waals surface area contributed by atoms with Crippen molar-refractivity contribution in [2.24, 2.45) is 0 Å². The molecule has 2 amide bonds. The van der Waals surface area contributed by atoms with Crippen LogP contribution in [0.5, 0.6) is 0 Å². The highest BCUT2D eigenvalue weighted by Crippen LogP contribution is 2.30. The Kier molecular flexibility index (Phi) is 5.30. The molecule has 0 saturated carbocycles. The standard InChI is InChI=1S/C15H21N3O3/c1-11(19)18-7-5-12-9-13(3-4-14(12)18)17-15(20)10-16-6-8-21-2/h3-4,9,16H,5-8,10H2,1-2H3,(H,17,20). The average Bonchev–Trinajstić information content (AvgIpc) is 2.87. The molecule has 1 aromatic rings. The summed E-state index contributed by atoms with van der Waals surface area (Å²) in [6.45, 7) is 3.74. The van der Waals surface area contributed by atoms with E-state index in [9.17, 15) is 9.59 Å². The Morgan fingerprint density at radius 1 is 1.38 bits per heavy atom. The smallest absolute Gasteiger partial charge is 0.238 e. The van der Waals surface area contributed by atoms with Crippen LogP contribution in [0.4, 0.5) is 11.4 Å². The van der Waals surface area contributed by atoms with E-state index in [1.165, 1.54) is 0 Å². The number of anilines is 2. The lowest BCUT2D eigenvalue weighted by atomic mass is 10.1. The fourth-order valence-corrected chi connectivity index (χ4v) is 2.39. The van der Waals surface area contributed by atoms with Gasteiger partial charge in [0.1, 0.15) is 0 Å². The monoisotopic (exact) mass is 291 g/mol. The van der Waals surface area contributed by atoms with Crippen molar-refractivity contribution in [3.8, 4) is 0 Å². The zero-order chi connectivity index (χ0) is 15.2. The maximum absolute atomic E-state index is 11.8. The number of nitrogens with zero attached hydrogens (tertiary/aromatic N) is 1. The first-order chi connectivity index (χ1) is 10.1. The van der Waals surface area contributed by atoms with Gasteiger partial charge >= 0.3 is 0 Å². The van der Waals surface area contributed by atoms with Gasteiger partial charge in [-0.15, -0.1) is 0 Å². The zero-order valence-corrected chi connectivity index (χ0v) is 12.4. The second-order valence-electron chi connectivity index (χ2n) is 4.98. The van der Waals surface area contributed by atoms with Crippen molar-refractivity contribution in [1.29, 1.82) is 0 Å². The third-order valence-electron chi connectivity index (χ3n) is 3.41. The Bertz CT molecular complexity index is 531. The number of nitrogens with one attached hydrogen (secondary N) is 2. The first-order valence-corrected chi connectivity index (χ1v) is 7.02. The Morgan fingerprint density at radius 2 is 2.19 bits per heavy atom. The molecule has 21 heavy (non-hydrogen) atoms. The second kappa shape index (κ2) is 7.19. The molecule has 114 valence electrons. The molecule has 0 aliphatic carbocycles. The molecular weight excluding hydrogens is 270 g/mol. The fraction of sp³-hybridized carbons (Fsp3) is 0.467. The van der Waals surface area contributed by atoms with Crippen LogP contribution < -0.4 is 15.5 Å². The number of hydrogen-bond acceptors (Lipinski definition) is 4. The van der Waals surface area contributed by atoms with Crippen LogP contribution in [0.3, 0.4) is 0 Å². The first-order valence-electron chi connectivity index (χ1n) is 7.02. The molecule has 6 nitrogen and oxygen atoms in total. The van der Waals surface area contributed by atoms with Crippen LogP contribution >= 0.6 is 0 Å². The lowest BCUT2D eigenvalue weighted by molar-refractivity contribution is -0.116. The highest BCUT2D eigenvalue weighted by atomic mass is 16.5. The van der Waals surface area contributed by atoms with Crippen molar-refractivity contribution in [1.82, 2.24) is 5.32 Å². The number of benzene rings is 1. The van der Waals surface area contributed by atoms with Crippen LogP contribution in [0.1, 0.15) is 12.5 Å². The minimum absolute atomic E-state index is 0.0490. The van der Waals surface area contributed by atoms with Crippen LogP contribution in [0.15, 0.2) is 18.2 Å². The molecule has 2 N–H and O–H groups in total. The summed E-state index contributed by atoms with van der Waals surface area (Å²) >= 11 is 0. The summed E-state index contributed by atoms with van der Waals surface area (Å²) in [5, 5.41) is 5.84. The quantitative estimate of drug-likeness (QED) is 0.760. The minimum atomic E-state index is -0.0903. The molecule has 0 spiro atoms. The molecule has 1 aliphatic heterocycles. The van der Waals surface area contributed by atoms with E-state index in [-0.39, 0.29) is 18.4 Å². The van der Waals surface area contributed by atoms with E-state index in [1.807, 2.05) is 18.2 Å². The lowest BCUT2D eigenvalue weighted by Crippen LogP contribution is -2.30. The molecule has 1 aliphatic rings. The average molecular weight is 291 g/mol. The number of carbonyl (C=O) groups is 2. The van der Waals surface area contributed by atoms with Gasteiger partial charge < -0.3 is 20.3 Å². The van der Waals surface area contributed by atoms with Crippen LogP contribution in [-0.4, -0.2) is 45.2 Å². The van der Waals surface area contributed by atoms with Gasteiger partial charge in [-0.25, -0.2) is 0 Å².